The molecule has 48 heavy (non-hydrogen) atoms. The van der Waals surface area contributed by atoms with Gasteiger partial charge in [0.15, 0.2) is 0 Å². The molecule has 1 saturated heterocycles. The van der Waals surface area contributed by atoms with Crippen molar-refractivity contribution in [3.05, 3.63) is 115 Å². The molecular weight excluding hydrogens is 630 g/mol. The number of carbonyl (C=O) groups excluding carboxylic acids is 1. The van der Waals surface area contributed by atoms with Crippen molar-refractivity contribution in [3.63, 3.8) is 0 Å². The molecule has 0 radical (unpaired) electrons. The number of aromatic amines is 1. The molecule has 3 heterocycles. The van der Waals surface area contributed by atoms with Gasteiger partial charge in [-0.05, 0) is 53.6 Å². The lowest BCUT2D eigenvalue weighted by molar-refractivity contribution is 0.0383. The smallest absolute Gasteiger partial charge is 0.266 e. The van der Waals surface area contributed by atoms with Crippen LogP contribution in [0, 0.1) is 5.82 Å². The molecule has 1 aliphatic rings. The Bertz CT molecular complexity index is 2220. The minimum atomic E-state index is -4.17. The van der Waals surface area contributed by atoms with Gasteiger partial charge in [-0.1, -0.05) is 54.6 Å². The van der Waals surface area contributed by atoms with Gasteiger partial charge in [-0.2, -0.15) is 0 Å². The molecule has 6 aromatic rings. The van der Waals surface area contributed by atoms with Crippen LogP contribution in [0.2, 0.25) is 0 Å². The molecule has 1 amide bonds. The number of halogens is 1. The normalized spacial score (nSPS) is 14.0. The molecule has 2 N–H and O–H groups in total. The summed E-state index contributed by atoms with van der Waals surface area (Å²) in [5.41, 5.74) is 5.93. The van der Waals surface area contributed by atoms with Crippen molar-refractivity contribution in [3.8, 4) is 22.3 Å². The highest BCUT2D eigenvalue weighted by atomic mass is 32.2. The largest absolute Gasteiger partial charge is 0.379 e. The molecule has 11 heteroatoms. The van der Waals surface area contributed by atoms with Crippen molar-refractivity contribution >= 4 is 43.6 Å². The van der Waals surface area contributed by atoms with Crippen LogP contribution in [-0.2, 0) is 14.8 Å². The monoisotopic (exact) mass is 663 g/mol. The molecule has 0 atom stereocenters. The van der Waals surface area contributed by atoms with Crippen LogP contribution in [0.5, 0.6) is 0 Å². The van der Waals surface area contributed by atoms with Gasteiger partial charge in [-0.15, -0.1) is 0 Å². The van der Waals surface area contributed by atoms with Gasteiger partial charge in [0.2, 0.25) is 0 Å². The molecule has 0 bridgehead atoms. The Labute approximate surface area is 278 Å². The van der Waals surface area contributed by atoms with Gasteiger partial charge < -0.3 is 15.0 Å². The third-order valence-electron chi connectivity index (χ3n) is 8.78. The van der Waals surface area contributed by atoms with Gasteiger partial charge in [0.25, 0.3) is 15.9 Å². The number of sulfonamides is 1. The van der Waals surface area contributed by atoms with E-state index < -0.39 is 20.7 Å². The first-order valence-corrected chi connectivity index (χ1v) is 17.2. The number of ether oxygens (including phenoxy) is 1. The first kappa shape index (κ1) is 31.5. The number of hydrogen-bond acceptors (Lipinski definition) is 6. The van der Waals surface area contributed by atoms with E-state index in [9.17, 15) is 17.6 Å². The highest BCUT2D eigenvalue weighted by Crippen LogP contribution is 2.41. The zero-order chi connectivity index (χ0) is 33.3. The highest BCUT2D eigenvalue weighted by Gasteiger charge is 2.26. The number of nitrogens with zero attached hydrogens (tertiary/aromatic N) is 3. The maximum Gasteiger partial charge on any atom is 0.266 e. The minimum absolute atomic E-state index is 0.134. The van der Waals surface area contributed by atoms with Crippen LogP contribution in [0.4, 0.5) is 10.1 Å². The van der Waals surface area contributed by atoms with Crippen molar-refractivity contribution < 1.29 is 22.3 Å². The molecular formula is C37H34FN5O4S. The lowest BCUT2D eigenvalue weighted by atomic mass is 9.92. The average Bonchev–Trinajstić information content (AvgIpc) is 3.50. The first-order valence-electron chi connectivity index (χ1n) is 15.7. The predicted molar refractivity (Wildman–Crippen MR) is 186 cm³/mol. The van der Waals surface area contributed by atoms with Crippen molar-refractivity contribution in [2.75, 3.05) is 50.7 Å². The summed E-state index contributed by atoms with van der Waals surface area (Å²) >= 11 is 0. The van der Waals surface area contributed by atoms with Crippen LogP contribution in [0.25, 0.3) is 44.2 Å². The predicted octanol–water partition coefficient (Wildman–Crippen LogP) is 6.08. The quantitative estimate of drug-likeness (QED) is 0.194. The lowest BCUT2D eigenvalue weighted by Crippen LogP contribution is -2.41. The van der Waals surface area contributed by atoms with E-state index in [1.165, 1.54) is 25.2 Å². The summed E-state index contributed by atoms with van der Waals surface area (Å²) in [6.07, 6.45) is 1.81. The summed E-state index contributed by atoms with van der Waals surface area (Å²) in [5, 5.41) is 4.60. The number of benzene rings is 4. The van der Waals surface area contributed by atoms with Crippen LogP contribution in [0.15, 0.2) is 108 Å². The van der Waals surface area contributed by atoms with Crippen molar-refractivity contribution in [2.45, 2.75) is 4.90 Å². The summed E-state index contributed by atoms with van der Waals surface area (Å²) in [6, 6.07) is 28.0. The molecule has 0 aliphatic carbocycles. The number of H-pyrrole nitrogens is 1. The number of rotatable bonds is 9. The van der Waals surface area contributed by atoms with E-state index >= 15 is 0 Å². The Kier molecular flexibility index (Phi) is 8.65. The van der Waals surface area contributed by atoms with Crippen LogP contribution < -0.4 is 9.62 Å². The maximum absolute atomic E-state index is 14.6. The molecule has 244 valence electrons. The number of pyridine rings is 1. The molecule has 0 saturated carbocycles. The van der Waals surface area contributed by atoms with E-state index in [-0.39, 0.29) is 5.91 Å². The average molecular weight is 664 g/mol. The number of anilines is 1. The summed E-state index contributed by atoms with van der Waals surface area (Å²) in [6.45, 7) is 4.50. The molecule has 4 aromatic carbocycles. The van der Waals surface area contributed by atoms with Gasteiger partial charge in [0.1, 0.15) is 16.4 Å². The zero-order valence-electron chi connectivity index (χ0n) is 26.3. The van der Waals surface area contributed by atoms with Gasteiger partial charge in [0.05, 0.1) is 18.9 Å². The molecule has 0 unspecified atom stereocenters. The minimum Gasteiger partial charge on any atom is -0.379 e. The second-order valence-electron chi connectivity index (χ2n) is 11.7. The van der Waals surface area contributed by atoms with E-state index in [0.717, 1.165) is 81.8 Å². The number of carbonyl (C=O) groups is 1. The third-order valence-corrected chi connectivity index (χ3v) is 10.6. The first-order chi connectivity index (χ1) is 23.3. The third kappa shape index (κ3) is 6.03. The number of aromatic nitrogens is 2. The van der Waals surface area contributed by atoms with Gasteiger partial charge in [-0.3, -0.25) is 14.0 Å². The molecule has 1 aliphatic heterocycles. The molecule has 9 nitrogen and oxygen atoms in total. The maximum atomic E-state index is 14.6. The molecule has 2 aromatic heterocycles. The number of nitrogens with one attached hydrogen (secondary N) is 2. The summed E-state index contributed by atoms with van der Waals surface area (Å²) in [5.74, 6) is -0.945. The summed E-state index contributed by atoms with van der Waals surface area (Å²) in [4.78, 5) is 23.0. The molecule has 1 fully saturated rings. The Morgan fingerprint density at radius 2 is 1.69 bits per heavy atom. The standard InChI is InChI=1S/C37H34FN5O4S/c1-42(48(45,46)33-10-6-5-9-31(33)38)28-15-16-32-29(23-28)35-34(26-7-3-2-4-8-26)30(24-40-36(35)41-32)25-11-13-27(14-12-25)37(44)39-17-18-43-19-21-47-22-20-43/h2-16,23-24H,17-22H2,1H3,(H,39,44)(H,40,41). The van der Waals surface area contributed by atoms with Gasteiger partial charge in [0, 0.05) is 72.4 Å². The highest BCUT2D eigenvalue weighted by molar-refractivity contribution is 7.92. The Morgan fingerprint density at radius 1 is 0.958 bits per heavy atom. The summed E-state index contributed by atoms with van der Waals surface area (Å²) < 4.78 is 48.0. The molecule has 0 spiro atoms. The number of morpholine rings is 1. The number of fused-ring (bicyclic) bond motifs is 3. The van der Waals surface area contributed by atoms with Crippen LogP contribution in [0.3, 0.4) is 0 Å². The fourth-order valence-corrected chi connectivity index (χ4v) is 7.41. The van der Waals surface area contributed by atoms with E-state index in [2.05, 4.69) is 15.2 Å². The second kappa shape index (κ2) is 13.2. The van der Waals surface area contributed by atoms with Crippen molar-refractivity contribution in [1.29, 1.82) is 0 Å². The topological polar surface area (TPSA) is 108 Å². The van der Waals surface area contributed by atoms with Crippen molar-refractivity contribution in [2.24, 2.45) is 0 Å². The Morgan fingerprint density at radius 3 is 2.44 bits per heavy atom. The Balaban J connectivity index is 1.26. The Hall–Kier alpha value is -5.10. The fraction of sp³-hybridized carbons (Fsp3) is 0.189. The SMILES string of the molecule is CN(c1ccc2[nH]c3ncc(-c4ccc(C(=O)NCCN5CCOCC5)cc4)c(-c4ccccc4)c3c2c1)S(=O)(=O)c1ccccc1F. The van der Waals surface area contributed by atoms with Crippen LogP contribution in [-0.4, -0.2) is 75.6 Å². The van der Waals surface area contributed by atoms with Crippen molar-refractivity contribution in [1.82, 2.24) is 20.2 Å². The van der Waals surface area contributed by atoms with E-state index in [1.807, 2.05) is 60.8 Å². The number of amides is 1. The second-order valence-corrected chi connectivity index (χ2v) is 13.6. The molecule has 7 rings (SSSR count). The fourth-order valence-electron chi connectivity index (χ4n) is 6.16. The van der Waals surface area contributed by atoms with Crippen LogP contribution >= 0.6 is 0 Å². The zero-order valence-corrected chi connectivity index (χ0v) is 27.1. The van der Waals surface area contributed by atoms with Crippen LogP contribution in [0.1, 0.15) is 10.4 Å². The van der Waals surface area contributed by atoms with E-state index in [4.69, 9.17) is 9.72 Å². The summed E-state index contributed by atoms with van der Waals surface area (Å²) in [7, 11) is -2.76. The van der Waals surface area contributed by atoms with E-state index in [1.54, 1.807) is 18.2 Å². The van der Waals surface area contributed by atoms with Gasteiger partial charge >= 0.3 is 0 Å². The van der Waals surface area contributed by atoms with Gasteiger partial charge in [-0.25, -0.2) is 17.8 Å². The number of hydrogen-bond donors (Lipinski definition) is 2. The lowest BCUT2D eigenvalue weighted by Gasteiger charge is -2.26. The van der Waals surface area contributed by atoms with E-state index in [0.29, 0.717) is 23.4 Å².